The van der Waals surface area contributed by atoms with Crippen LogP contribution in [0.4, 0.5) is 4.39 Å². The van der Waals surface area contributed by atoms with Crippen molar-refractivity contribution in [3.63, 3.8) is 0 Å². The smallest absolute Gasteiger partial charge is 0.305 e. The molecule has 0 atom stereocenters. The molecule has 0 bridgehead atoms. The van der Waals surface area contributed by atoms with E-state index >= 15 is 0 Å². The van der Waals surface area contributed by atoms with Crippen LogP contribution in [-0.4, -0.2) is 32.3 Å². The molecule has 4 nitrogen and oxygen atoms in total. The summed E-state index contributed by atoms with van der Waals surface area (Å²) in [5.74, 6) is 0.214. The Kier molecular flexibility index (Phi) is 7.58. The van der Waals surface area contributed by atoms with Gasteiger partial charge in [-0.2, -0.15) is 0 Å². The summed E-state index contributed by atoms with van der Waals surface area (Å²) in [6.45, 7) is 4.15. The summed E-state index contributed by atoms with van der Waals surface area (Å²) < 4.78 is 22.9. The number of nitrogens with one attached hydrogen (secondary N) is 1. The van der Waals surface area contributed by atoms with Crippen molar-refractivity contribution in [3.8, 4) is 5.75 Å². The van der Waals surface area contributed by atoms with Crippen LogP contribution in [0.25, 0.3) is 0 Å². The summed E-state index contributed by atoms with van der Waals surface area (Å²) in [5, 5.41) is 3.16. The topological polar surface area (TPSA) is 47.6 Å². The molecule has 1 rings (SSSR count). The monoisotopic (exact) mass is 269 g/mol. The minimum absolute atomic E-state index is 0.160. The van der Waals surface area contributed by atoms with Crippen molar-refractivity contribution in [2.75, 3.05) is 26.3 Å². The number of esters is 1. The van der Waals surface area contributed by atoms with E-state index in [1.807, 2.05) is 0 Å². The van der Waals surface area contributed by atoms with E-state index in [4.69, 9.17) is 9.47 Å². The normalized spacial score (nSPS) is 10.2. The van der Waals surface area contributed by atoms with Gasteiger partial charge in [0.05, 0.1) is 6.61 Å². The number of carbonyl (C=O) groups is 1. The van der Waals surface area contributed by atoms with Crippen LogP contribution in [0.5, 0.6) is 5.75 Å². The van der Waals surface area contributed by atoms with Gasteiger partial charge in [-0.15, -0.1) is 0 Å². The molecule has 0 unspecified atom stereocenters. The molecule has 0 saturated carbocycles. The number of halogens is 1. The molecule has 0 saturated heterocycles. The number of hydrogen-bond acceptors (Lipinski definition) is 4. The highest BCUT2D eigenvalue weighted by atomic mass is 19.1. The second-order valence-corrected chi connectivity index (χ2v) is 3.96. The lowest BCUT2D eigenvalue weighted by Crippen LogP contribution is -2.22. The Hall–Kier alpha value is -1.62. The van der Waals surface area contributed by atoms with Gasteiger partial charge < -0.3 is 14.8 Å². The van der Waals surface area contributed by atoms with Crippen molar-refractivity contribution >= 4 is 5.97 Å². The Balaban J connectivity index is 1.96. The summed E-state index contributed by atoms with van der Waals surface area (Å²) in [7, 11) is 0. The van der Waals surface area contributed by atoms with Crippen molar-refractivity contribution in [1.29, 1.82) is 0 Å². The van der Waals surface area contributed by atoms with Gasteiger partial charge >= 0.3 is 5.97 Å². The predicted molar refractivity (Wildman–Crippen MR) is 70.6 cm³/mol. The van der Waals surface area contributed by atoms with Gasteiger partial charge in [-0.05, 0) is 44.2 Å². The molecule has 0 spiro atoms. The Morgan fingerprint density at radius 1 is 1.26 bits per heavy atom. The fraction of sp³-hybridized carbons (Fsp3) is 0.500. The molecule has 0 aliphatic heterocycles. The van der Waals surface area contributed by atoms with Crippen LogP contribution in [0.1, 0.15) is 19.8 Å². The number of benzene rings is 1. The van der Waals surface area contributed by atoms with Gasteiger partial charge in [0.2, 0.25) is 0 Å². The molecule has 1 aromatic rings. The first kappa shape index (κ1) is 15.4. The van der Waals surface area contributed by atoms with Gasteiger partial charge in [-0.3, -0.25) is 4.79 Å². The van der Waals surface area contributed by atoms with E-state index in [2.05, 4.69) is 5.32 Å². The molecular weight excluding hydrogens is 249 g/mol. The molecule has 1 N–H and O–H groups in total. The van der Waals surface area contributed by atoms with E-state index < -0.39 is 0 Å². The van der Waals surface area contributed by atoms with Crippen LogP contribution in [0, 0.1) is 5.82 Å². The summed E-state index contributed by atoms with van der Waals surface area (Å²) in [6, 6.07) is 5.91. The van der Waals surface area contributed by atoms with Crippen LogP contribution in [0.2, 0.25) is 0 Å². The Morgan fingerprint density at radius 3 is 2.68 bits per heavy atom. The van der Waals surface area contributed by atoms with E-state index in [0.29, 0.717) is 31.9 Å². The first-order chi connectivity index (χ1) is 9.22. The average molecular weight is 269 g/mol. The second kappa shape index (κ2) is 9.33. The van der Waals surface area contributed by atoms with Crippen LogP contribution in [0.3, 0.4) is 0 Å². The Labute approximate surface area is 112 Å². The largest absolute Gasteiger partial charge is 0.492 e. The lowest BCUT2D eigenvalue weighted by atomic mass is 10.3. The number of carbonyl (C=O) groups excluding carboxylic acids is 1. The molecule has 0 heterocycles. The molecule has 0 radical (unpaired) electrons. The van der Waals surface area contributed by atoms with Crippen LogP contribution >= 0.6 is 0 Å². The van der Waals surface area contributed by atoms with Crippen LogP contribution in [0.15, 0.2) is 24.3 Å². The summed E-state index contributed by atoms with van der Waals surface area (Å²) in [5.41, 5.74) is 0. The molecule has 1 aromatic carbocycles. The molecule has 0 amide bonds. The summed E-state index contributed by atoms with van der Waals surface area (Å²) >= 11 is 0. The van der Waals surface area contributed by atoms with E-state index in [-0.39, 0.29) is 11.8 Å². The quantitative estimate of drug-likeness (QED) is 0.551. The molecule has 19 heavy (non-hydrogen) atoms. The van der Waals surface area contributed by atoms with Crippen LogP contribution in [-0.2, 0) is 9.53 Å². The molecule has 0 aliphatic carbocycles. The first-order valence-electron chi connectivity index (χ1n) is 6.47. The van der Waals surface area contributed by atoms with Crippen molar-refractivity contribution < 1.29 is 18.7 Å². The van der Waals surface area contributed by atoms with Gasteiger partial charge in [-0.25, -0.2) is 4.39 Å². The van der Waals surface area contributed by atoms with E-state index in [0.717, 1.165) is 13.0 Å². The summed E-state index contributed by atoms with van der Waals surface area (Å²) in [6.07, 6.45) is 1.18. The third kappa shape index (κ3) is 7.41. The van der Waals surface area contributed by atoms with Crippen molar-refractivity contribution in [2.45, 2.75) is 19.8 Å². The maximum Gasteiger partial charge on any atom is 0.305 e. The zero-order valence-electron chi connectivity index (χ0n) is 11.2. The molecule has 0 aromatic heterocycles. The molecule has 5 heteroatoms. The molecule has 106 valence electrons. The predicted octanol–water partition coefficient (Wildman–Crippen LogP) is 2.14. The highest BCUT2D eigenvalue weighted by Crippen LogP contribution is 2.10. The van der Waals surface area contributed by atoms with E-state index in [9.17, 15) is 9.18 Å². The minimum Gasteiger partial charge on any atom is -0.492 e. The number of rotatable bonds is 9. The Morgan fingerprint density at radius 2 is 2.00 bits per heavy atom. The van der Waals surface area contributed by atoms with Crippen molar-refractivity contribution in [2.24, 2.45) is 0 Å². The first-order valence-corrected chi connectivity index (χ1v) is 6.47. The second-order valence-electron chi connectivity index (χ2n) is 3.96. The molecular formula is C14H20FNO3. The highest BCUT2D eigenvalue weighted by Gasteiger charge is 2.00. The average Bonchev–Trinajstić information content (AvgIpc) is 2.40. The van der Waals surface area contributed by atoms with Gasteiger partial charge in [0.25, 0.3) is 0 Å². The number of ether oxygens (including phenoxy) is 2. The molecule has 0 aliphatic rings. The van der Waals surface area contributed by atoms with Crippen molar-refractivity contribution in [3.05, 3.63) is 30.1 Å². The van der Waals surface area contributed by atoms with E-state index in [1.165, 1.54) is 12.1 Å². The Bertz CT molecular complexity index is 367. The number of hydrogen-bond donors (Lipinski definition) is 1. The fourth-order valence-corrected chi connectivity index (χ4v) is 1.49. The van der Waals surface area contributed by atoms with Crippen LogP contribution < -0.4 is 10.1 Å². The van der Waals surface area contributed by atoms with Gasteiger partial charge in [0, 0.05) is 13.0 Å². The lowest BCUT2D eigenvalue weighted by Gasteiger charge is -2.07. The third-order valence-electron chi connectivity index (χ3n) is 2.40. The summed E-state index contributed by atoms with van der Waals surface area (Å²) in [4.78, 5) is 11.0. The third-order valence-corrected chi connectivity index (χ3v) is 2.40. The maximum absolute atomic E-state index is 12.6. The minimum atomic E-state index is -0.274. The zero-order valence-corrected chi connectivity index (χ0v) is 11.2. The fourth-order valence-electron chi connectivity index (χ4n) is 1.49. The van der Waals surface area contributed by atoms with Crippen molar-refractivity contribution in [1.82, 2.24) is 5.32 Å². The highest BCUT2D eigenvalue weighted by molar-refractivity contribution is 5.69. The standard InChI is InChI=1S/C14H20FNO3/c1-2-18-14(17)4-3-9-16-10-11-19-13-7-5-12(15)6-8-13/h5-8,16H,2-4,9-11H2,1H3. The van der Waals surface area contributed by atoms with Gasteiger partial charge in [-0.1, -0.05) is 0 Å². The molecule has 0 fully saturated rings. The van der Waals surface area contributed by atoms with Gasteiger partial charge in [0.1, 0.15) is 18.2 Å². The zero-order chi connectivity index (χ0) is 13.9. The SMILES string of the molecule is CCOC(=O)CCCNCCOc1ccc(F)cc1. The van der Waals surface area contributed by atoms with Gasteiger partial charge in [0.15, 0.2) is 0 Å². The maximum atomic E-state index is 12.6. The lowest BCUT2D eigenvalue weighted by molar-refractivity contribution is -0.143. The van der Waals surface area contributed by atoms with E-state index in [1.54, 1.807) is 19.1 Å².